The van der Waals surface area contributed by atoms with E-state index in [9.17, 15) is 13.2 Å². The first kappa shape index (κ1) is 23.9. The summed E-state index contributed by atoms with van der Waals surface area (Å²) in [6.07, 6.45) is 3.38. The van der Waals surface area contributed by atoms with Gasteiger partial charge in [-0.05, 0) is 56.7 Å². The summed E-state index contributed by atoms with van der Waals surface area (Å²) in [5.74, 6) is 0.187. The Labute approximate surface area is 169 Å². The third kappa shape index (κ3) is 6.75. The molecule has 0 aromatic heterocycles. The Kier molecular flexibility index (Phi) is 9.21. The molecule has 0 radical (unpaired) electrons. The number of carbonyl (C=O) groups excluding carboxylic acids is 1. The molecule has 3 atom stereocenters. The van der Waals surface area contributed by atoms with Crippen LogP contribution in [0.1, 0.15) is 45.1 Å². The SMILES string of the molecule is Cc1ccc(S(=O)(=O)NC(CC(C)C)C(=O)NC2CCCC2CN)cc1.Cl. The summed E-state index contributed by atoms with van der Waals surface area (Å²) < 4.78 is 28.0. The van der Waals surface area contributed by atoms with E-state index in [1.165, 1.54) is 0 Å². The summed E-state index contributed by atoms with van der Waals surface area (Å²) in [6, 6.07) is 5.85. The summed E-state index contributed by atoms with van der Waals surface area (Å²) >= 11 is 0. The quantitative estimate of drug-likeness (QED) is 0.604. The van der Waals surface area contributed by atoms with Crippen molar-refractivity contribution in [3.8, 4) is 0 Å². The van der Waals surface area contributed by atoms with Crippen molar-refractivity contribution in [2.75, 3.05) is 6.54 Å². The van der Waals surface area contributed by atoms with Gasteiger partial charge in [0.1, 0.15) is 6.04 Å². The van der Waals surface area contributed by atoms with Crippen molar-refractivity contribution in [3.63, 3.8) is 0 Å². The lowest BCUT2D eigenvalue weighted by Gasteiger charge is -2.25. The zero-order valence-electron chi connectivity index (χ0n) is 16.3. The molecule has 1 aromatic rings. The minimum atomic E-state index is -3.76. The second-order valence-corrected chi connectivity index (χ2v) is 9.37. The maximum Gasteiger partial charge on any atom is 0.241 e. The van der Waals surface area contributed by atoms with E-state index >= 15 is 0 Å². The normalized spacial score (nSPS) is 20.9. The minimum Gasteiger partial charge on any atom is -0.352 e. The van der Waals surface area contributed by atoms with E-state index in [1.807, 2.05) is 20.8 Å². The Morgan fingerprint density at radius 1 is 1.22 bits per heavy atom. The van der Waals surface area contributed by atoms with Crippen molar-refractivity contribution in [2.45, 2.75) is 63.4 Å². The van der Waals surface area contributed by atoms with Gasteiger partial charge in [0.2, 0.25) is 15.9 Å². The van der Waals surface area contributed by atoms with Gasteiger partial charge in [0.15, 0.2) is 0 Å². The molecule has 0 spiro atoms. The first-order valence-corrected chi connectivity index (χ1v) is 10.8. The molecule has 0 heterocycles. The number of carbonyl (C=O) groups is 1. The fourth-order valence-corrected chi connectivity index (χ4v) is 4.65. The number of sulfonamides is 1. The van der Waals surface area contributed by atoms with E-state index in [4.69, 9.17) is 5.73 Å². The fraction of sp³-hybridized carbons (Fsp3) is 0.632. The first-order valence-electron chi connectivity index (χ1n) is 9.32. The molecule has 0 aliphatic heterocycles. The molecule has 1 aliphatic rings. The molecule has 2 rings (SSSR count). The Hall–Kier alpha value is -1.15. The summed E-state index contributed by atoms with van der Waals surface area (Å²) in [4.78, 5) is 13.0. The van der Waals surface area contributed by atoms with E-state index in [0.717, 1.165) is 24.8 Å². The molecule has 0 bridgehead atoms. The van der Waals surface area contributed by atoms with E-state index < -0.39 is 16.1 Å². The Balaban J connectivity index is 0.00000364. The summed E-state index contributed by atoms with van der Waals surface area (Å²) in [5.41, 5.74) is 6.76. The maximum atomic E-state index is 12.8. The number of halogens is 1. The van der Waals surface area contributed by atoms with Gasteiger partial charge in [-0.15, -0.1) is 12.4 Å². The lowest BCUT2D eigenvalue weighted by molar-refractivity contribution is -0.124. The number of hydrogen-bond donors (Lipinski definition) is 3. The highest BCUT2D eigenvalue weighted by Gasteiger charge is 2.32. The average Bonchev–Trinajstić information content (AvgIpc) is 3.01. The molecular formula is C19H32ClN3O3S. The summed E-state index contributed by atoms with van der Waals surface area (Å²) in [7, 11) is -3.76. The standard InChI is InChI=1S/C19H31N3O3S.ClH/c1-13(2)11-18(19(23)21-17-6-4-5-15(17)12-20)22-26(24,25)16-9-7-14(3)8-10-16;/h7-10,13,15,17-18,22H,4-6,11-12,20H2,1-3H3,(H,21,23);1H. The maximum absolute atomic E-state index is 12.8. The molecule has 8 heteroatoms. The largest absolute Gasteiger partial charge is 0.352 e. The predicted octanol–water partition coefficient (Wildman–Crippen LogP) is 2.35. The predicted molar refractivity (Wildman–Crippen MR) is 110 cm³/mol. The van der Waals surface area contributed by atoms with Crippen LogP contribution in [0, 0.1) is 18.8 Å². The van der Waals surface area contributed by atoms with Crippen LogP contribution >= 0.6 is 12.4 Å². The zero-order valence-corrected chi connectivity index (χ0v) is 17.9. The number of aryl methyl sites for hydroxylation is 1. The van der Waals surface area contributed by atoms with E-state index in [0.29, 0.717) is 13.0 Å². The van der Waals surface area contributed by atoms with Crippen LogP contribution in [-0.4, -0.2) is 33.0 Å². The average molecular weight is 418 g/mol. The Morgan fingerprint density at radius 3 is 2.41 bits per heavy atom. The van der Waals surface area contributed by atoms with Crippen LogP contribution < -0.4 is 15.8 Å². The zero-order chi connectivity index (χ0) is 19.3. The number of nitrogens with two attached hydrogens (primary N) is 1. The minimum absolute atomic E-state index is 0. The fourth-order valence-electron chi connectivity index (χ4n) is 3.45. The van der Waals surface area contributed by atoms with Crippen LogP contribution in [0.4, 0.5) is 0 Å². The van der Waals surface area contributed by atoms with Crippen LogP contribution in [0.5, 0.6) is 0 Å². The molecule has 0 saturated heterocycles. The highest BCUT2D eigenvalue weighted by Crippen LogP contribution is 2.25. The van der Waals surface area contributed by atoms with Gasteiger partial charge in [0.05, 0.1) is 4.90 Å². The van der Waals surface area contributed by atoms with Crippen molar-refractivity contribution in [1.82, 2.24) is 10.0 Å². The topological polar surface area (TPSA) is 101 Å². The molecule has 3 unspecified atom stereocenters. The van der Waals surface area contributed by atoms with Crippen molar-refractivity contribution < 1.29 is 13.2 Å². The van der Waals surface area contributed by atoms with E-state index in [2.05, 4.69) is 10.0 Å². The second kappa shape index (κ2) is 10.4. The van der Waals surface area contributed by atoms with Crippen LogP contribution in [-0.2, 0) is 14.8 Å². The lowest BCUT2D eigenvalue weighted by atomic mass is 10.0. The van der Waals surface area contributed by atoms with Gasteiger partial charge in [0.25, 0.3) is 0 Å². The lowest BCUT2D eigenvalue weighted by Crippen LogP contribution is -2.51. The Bertz CT molecular complexity index is 707. The van der Waals surface area contributed by atoms with Gasteiger partial charge < -0.3 is 11.1 Å². The van der Waals surface area contributed by atoms with Gasteiger partial charge in [-0.2, -0.15) is 4.72 Å². The second-order valence-electron chi connectivity index (χ2n) is 7.66. The van der Waals surface area contributed by atoms with Crippen LogP contribution in [0.2, 0.25) is 0 Å². The first-order chi connectivity index (χ1) is 12.2. The van der Waals surface area contributed by atoms with Gasteiger partial charge >= 0.3 is 0 Å². The molecule has 27 heavy (non-hydrogen) atoms. The molecule has 4 N–H and O–H groups in total. The van der Waals surface area contributed by atoms with E-state index in [-0.39, 0.29) is 41.1 Å². The van der Waals surface area contributed by atoms with Crippen molar-refractivity contribution in [1.29, 1.82) is 0 Å². The smallest absolute Gasteiger partial charge is 0.241 e. The van der Waals surface area contributed by atoms with E-state index in [1.54, 1.807) is 24.3 Å². The van der Waals surface area contributed by atoms with Crippen molar-refractivity contribution >= 4 is 28.3 Å². The third-order valence-corrected chi connectivity index (χ3v) is 6.43. The van der Waals surface area contributed by atoms with Crippen LogP contribution in [0.25, 0.3) is 0 Å². The highest BCUT2D eigenvalue weighted by molar-refractivity contribution is 7.89. The van der Waals surface area contributed by atoms with Crippen molar-refractivity contribution in [2.24, 2.45) is 17.6 Å². The molecule has 1 amide bonds. The van der Waals surface area contributed by atoms with Gasteiger partial charge in [-0.1, -0.05) is 38.0 Å². The number of benzene rings is 1. The number of amides is 1. The van der Waals surface area contributed by atoms with Gasteiger partial charge in [-0.25, -0.2) is 8.42 Å². The molecule has 1 aromatic carbocycles. The summed E-state index contributed by atoms with van der Waals surface area (Å²) in [6.45, 7) is 6.38. The molecule has 1 saturated carbocycles. The molecule has 1 fully saturated rings. The molecular weight excluding hydrogens is 386 g/mol. The molecule has 6 nitrogen and oxygen atoms in total. The molecule has 154 valence electrons. The van der Waals surface area contributed by atoms with Crippen LogP contribution in [0.15, 0.2) is 29.2 Å². The molecule has 1 aliphatic carbocycles. The van der Waals surface area contributed by atoms with Gasteiger partial charge in [-0.3, -0.25) is 4.79 Å². The van der Waals surface area contributed by atoms with Crippen molar-refractivity contribution in [3.05, 3.63) is 29.8 Å². The number of hydrogen-bond acceptors (Lipinski definition) is 4. The van der Waals surface area contributed by atoms with Gasteiger partial charge in [0, 0.05) is 6.04 Å². The monoisotopic (exact) mass is 417 g/mol. The Morgan fingerprint density at radius 2 is 1.85 bits per heavy atom. The highest BCUT2D eigenvalue weighted by atomic mass is 35.5. The summed E-state index contributed by atoms with van der Waals surface area (Å²) in [5, 5.41) is 3.02. The third-order valence-electron chi connectivity index (χ3n) is 4.94. The van der Waals surface area contributed by atoms with Crippen LogP contribution in [0.3, 0.4) is 0 Å². The number of rotatable bonds is 8. The number of nitrogens with one attached hydrogen (secondary N) is 2.